The van der Waals surface area contributed by atoms with Crippen LogP contribution in [-0.4, -0.2) is 40.8 Å². The molecule has 1 aromatic heterocycles. The summed E-state index contributed by atoms with van der Waals surface area (Å²) in [4.78, 5) is 41.0. The van der Waals surface area contributed by atoms with Crippen LogP contribution in [-0.2, 0) is 9.59 Å². The summed E-state index contributed by atoms with van der Waals surface area (Å²) in [6.07, 6.45) is 2.46. The summed E-state index contributed by atoms with van der Waals surface area (Å²) in [6.45, 7) is 1.45. The van der Waals surface area contributed by atoms with Gasteiger partial charge in [0, 0.05) is 18.2 Å². The normalized spacial score (nSPS) is 11.7. The Kier molecular flexibility index (Phi) is 7.42. The molecule has 3 N–H and O–H groups in total. The van der Waals surface area contributed by atoms with Gasteiger partial charge in [0.15, 0.2) is 5.13 Å². The molecule has 0 aliphatic carbocycles. The number of hydrogen-bond acceptors (Lipinski definition) is 6. The van der Waals surface area contributed by atoms with Crippen molar-refractivity contribution in [2.75, 3.05) is 22.6 Å². The highest BCUT2D eigenvalue weighted by Crippen LogP contribution is 2.28. The number of nitrogens with zero attached hydrogens (tertiary/aromatic N) is 1. The molecular formula is C21H22N4O3S2. The minimum absolute atomic E-state index is 0.154. The summed E-state index contributed by atoms with van der Waals surface area (Å²) in [6, 6.07) is 13.5. The molecule has 3 amide bonds. The third-order valence-corrected chi connectivity index (χ3v) is 5.78. The maximum absolute atomic E-state index is 12.8. The van der Waals surface area contributed by atoms with E-state index in [-0.39, 0.29) is 17.7 Å². The van der Waals surface area contributed by atoms with Crippen molar-refractivity contribution in [2.24, 2.45) is 0 Å². The standard InChI is InChI=1S/C21H22N4O3S2/c1-13(26)22-15-8-9-16-18(12-15)30-21(24-16)25-20(28)17(10-11-29-2)23-19(27)14-6-4-3-5-7-14/h3-9,12,17H,10-11H2,1-2H3,(H,22,26)(H,23,27)(H,24,25,28). The summed E-state index contributed by atoms with van der Waals surface area (Å²) >= 11 is 2.92. The fourth-order valence-corrected chi connectivity index (χ4v) is 4.17. The molecule has 30 heavy (non-hydrogen) atoms. The molecule has 0 saturated heterocycles. The highest BCUT2D eigenvalue weighted by atomic mass is 32.2. The van der Waals surface area contributed by atoms with E-state index in [1.165, 1.54) is 18.3 Å². The van der Waals surface area contributed by atoms with Gasteiger partial charge in [-0.1, -0.05) is 29.5 Å². The van der Waals surface area contributed by atoms with Gasteiger partial charge in [-0.2, -0.15) is 11.8 Å². The number of nitrogens with one attached hydrogen (secondary N) is 3. The first kappa shape index (κ1) is 21.8. The Hall–Kier alpha value is -2.91. The van der Waals surface area contributed by atoms with E-state index in [2.05, 4.69) is 20.9 Å². The molecule has 1 heterocycles. The largest absolute Gasteiger partial charge is 0.340 e. The number of rotatable bonds is 8. The SMILES string of the molecule is CSCCC(NC(=O)c1ccccc1)C(=O)Nc1nc2ccc(NC(C)=O)cc2s1. The van der Waals surface area contributed by atoms with Gasteiger partial charge in [0.2, 0.25) is 11.8 Å². The lowest BCUT2D eigenvalue weighted by Crippen LogP contribution is -2.44. The third-order valence-electron chi connectivity index (χ3n) is 4.21. The van der Waals surface area contributed by atoms with Gasteiger partial charge in [0.25, 0.3) is 5.91 Å². The fraction of sp³-hybridized carbons (Fsp3) is 0.238. The van der Waals surface area contributed by atoms with E-state index in [1.807, 2.05) is 18.4 Å². The van der Waals surface area contributed by atoms with E-state index in [0.29, 0.717) is 22.8 Å². The Bertz CT molecular complexity index is 1050. The summed E-state index contributed by atoms with van der Waals surface area (Å²) < 4.78 is 0.838. The molecule has 2 aromatic carbocycles. The number of thiazole rings is 1. The molecule has 156 valence electrons. The zero-order valence-electron chi connectivity index (χ0n) is 16.6. The summed E-state index contributed by atoms with van der Waals surface area (Å²) in [5, 5.41) is 8.80. The van der Waals surface area contributed by atoms with Gasteiger partial charge >= 0.3 is 0 Å². The van der Waals surface area contributed by atoms with Crippen LogP contribution in [0, 0.1) is 0 Å². The molecule has 0 aliphatic heterocycles. The number of fused-ring (bicyclic) bond motifs is 1. The fourth-order valence-electron chi connectivity index (χ4n) is 2.79. The van der Waals surface area contributed by atoms with Crippen molar-refractivity contribution in [1.82, 2.24) is 10.3 Å². The minimum Gasteiger partial charge on any atom is -0.340 e. The van der Waals surface area contributed by atoms with E-state index < -0.39 is 6.04 Å². The third kappa shape index (κ3) is 5.80. The monoisotopic (exact) mass is 442 g/mol. The second-order valence-corrected chi connectivity index (χ2v) is 8.56. The Labute approximate surface area is 182 Å². The van der Waals surface area contributed by atoms with Gasteiger partial charge in [0.05, 0.1) is 10.2 Å². The van der Waals surface area contributed by atoms with Crippen LogP contribution >= 0.6 is 23.1 Å². The first-order valence-electron chi connectivity index (χ1n) is 9.30. The first-order chi connectivity index (χ1) is 14.5. The van der Waals surface area contributed by atoms with Gasteiger partial charge in [-0.15, -0.1) is 0 Å². The lowest BCUT2D eigenvalue weighted by Gasteiger charge is -2.17. The van der Waals surface area contributed by atoms with Crippen LogP contribution < -0.4 is 16.0 Å². The van der Waals surface area contributed by atoms with E-state index in [4.69, 9.17) is 0 Å². The van der Waals surface area contributed by atoms with Crippen molar-refractivity contribution in [1.29, 1.82) is 0 Å². The Balaban J connectivity index is 1.72. The molecule has 1 atom stereocenters. The molecule has 0 saturated carbocycles. The lowest BCUT2D eigenvalue weighted by molar-refractivity contribution is -0.118. The van der Waals surface area contributed by atoms with Gasteiger partial charge in [-0.3, -0.25) is 14.4 Å². The number of carbonyl (C=O) groups is 3. The van der Waals surface area contributed by atoms with Crippen LogP contribution in [0.2, 0.25) is 0 Å². The number of hydrogen-bond donors (Lipinski definition) is 3. The van der Waals surface area contributed by atoms with Gasteiger partial charge in [-0.05, 0) is 48.8 Å². The highest BCUT2D eigenvalue weighted by Gasteiger charge is 2.22. The molecule has 0 aliphatic rings. The molecule has 7 nitrogen and oxygen atoms in total. The van der Waals surface area contributed by atoms with Crippen LogP contribution in [0.4, 0.5) is 10.8 Å². The number of amides is 3. The van der Waals surface area contributed by atoms with Crippen LogP contribution in [0.3, 0.4) is 0 Å². The smallest absolute Gasteiger partial charge is 0.251 e. The second kappa shape index (κ2) is 10.2. The summed E-state index contributed by atoms with van der Waals surface area (Å²) in [5.41, 5.74) is 1.90. The average Bonchev–Trinajstić information content (AvgIpc) is 3.12. The van der Waals surface area contributed by atoms with E-state index in [1.54, 1.807) is 48.2 Å². The van der Waals surface area contributed by atoms with Crippen molar-refractivity contribution in [2.45, 2.75) is 19.4 Å². The van der Waals surface area contributed by atoms with Crippen molar-refractivity contribution in [3.05, 3.63) is 54.1 Å². The zero-order chi connectivity index (χ0) is 21.5. The highest BCUT2D eigenvalue weighted by molar-refractivity contribution is 7.98. The van der Waals surface area contributed by atoms with E-state index in [0.717, 1.165) is 16.0 Å². The Morgan fingerprint density at radius 2 is 1.87 bits per heavy atom. The molecule has 0 radical (unpaired) electrons. The zero-order valence-corrected chi connectivity index (χ0v) is 18.2. The average molecular weight is 443 g/mol. The predicted octanol–water partition coefficient (Wildman–Crippen LogP) is 3.74. The Morgan fingerprint density at radius 3 is 2.57 bits per heavy atom. The first-order valence-corrected chi connectivity index (χ1v) is 11.5. The maximum atomic E-state index is 12.8. The van der Waals surface area contributed by atoms with E-state index in [9.17, 15) is 14.4 Å². The predicted molar refractivity (Wildman–Crippen MR) is 123 cm³/mol. The van der Waals surface area contributed by atoms with Crippen LogP contribution in [0.1, 0.15) is 23.7 Å². The molecule has 0 bridgehead atoms. The van der Waals surface area contributed by atoms with Gasteiger partial charge in [0.1, 0.15) is 6.04 Å². The van der Waals surface area contributed by atoms with Crippen molar-refractivity contribution >= 4 is 61.9 Å². The molecular weight excluding hydrogens is 420 g/mol. The van der Waals surface area contributed by atoms with Crippen LogP contribution in [0.5, 0.6) is 0 Å². The molecule has 9 heteroatoms. The topological polar surface area (TPSA) is 100 Å². The number of carbonyl (C=O) groups excluding carboxylic acids is 3. The van der Waals surface area contributed by atoms with E-state index >= 15 is 0 Å². The quantitative estimate of drug-likeness (QED) is 0.493. The molecule has 3 aromatic rings. The van der Waals surface area contributed by atoms with Crippen molar-refractivity contribution in [3.63, 3.8) is 0 Å². The van der Waals surface area contributed by atoms with Gasteiger partial charge < -0.3 is 16.0 Å². The minimum atomic E-state index is -0.674. The van der Waals surface area contributed by atoms with Crippen molar-refractivity contribution < 1.29 is 14.4 Å². The molecule has 0 spiro atoms. The molecule has 1 unspecified atom stereocenters. The second-order valence-electron chi connectivity index (χ2n) is 6.55. The van der Waals surface area contributed by atoms with Crippen molar-refractivity contribution in [3.8, 4) is 0 Å². The van der Waals surface area contributed by atoms with Crippen LogP contribution in [0.25, 0.3) is 10.2 Å². The number of thioether (sulfide) groups is 1. The number of anilines is 2. The molecule has 0 fully saturated rings. The Morgan fingerprint density at radius 1 is 1.10 bits per heavy atom. The number of benzene rings is 2. The summed E-state index contributed by atoms with van der Waals surface area (Å²) in [5.74, 6) is -0.0265. The summed E-state index contributed by atoms with van der Waals surface area (Å²) in [7, 11) is 0. The lowest BCUT2D eigenvalue weighted by atomic mass is 10.1. The molecule has 3 rings (SSSR count). The van der Waals surface area contributed by atoms with Gasteiger partial charge in [-0.25, -0.2) is 4.98 Å². The van der Waals surface area contributed by atoms with Crippen LogP contribution in [0.15, 0.2) is 48.5 Å². The maximum Gasteiger partial charge on any atom is 0.251 e. The number of aromatic nitrogens is 1.